The summed E-state index contributed by atoms with van der Waals surface area (Å²) < 4.78 is 24.4. The Balaban J connectivity index is 2.12. The molecule has 2 rings (SSSR count). The average molecular weight is 368 g/mol. The van der Waals surface area contributed by atoms with Crippen LogP contribution in [0, 0.1) is 0 Å². The van der Waals surface area contributed by atoms with E-state index in [2.05, 4.69) is 15.0 Å². The summed E-state index contributed by atoms with van der Waals surface area (Å²) in [5.41, 5.74) is 1.68. The van der Waals surface area contributed by atoms with Crippen molar-refractivity contribution >= 4 is 27.5 Å². The van der Waals surface area contributed by atoms with E-state index in [0.717, 1.165) is 17.4 Å². The van der Waals surface area contributed by atoms with Crippen LogP contribution < -0.4 is 10.0 Å². The van der Waals surface area contributed by atoms with Crippen molar-refractivity contribution in [2.45, 2.75) is 12.5 Å². The number of amides is 1. The molecular weight excluding hydrogens is 350 g/mol. The van der Waals surface area contributed by atoms with Crippen molar-refractivity contribution in [3.63, 3.8) is 0 Å². The van der Waals surface area contributed by atoms with Crippen molar-refractivity contribution in [1.29, 1.82) is 0 Å². The smallest absolute Gasteiger partial charge is 0.222 e. The van der Waals surface area contributed by atoms with Gasteiger partial charge in [0.25, 0.3) is 0 Å². The van der Waals surface area contributed by atoms with Gasteiger partial charge in [-0.15, -0.1) is 0 Å². The Morgan fingerprint density at radius 1 is 1.21 bits per heavy atom. The highest BCUT2D eigenvalue weighted by Gasteiger charge is 2.17. The maximum atomic E-state index is 12.2. The fourth-order valence-corrected chi connectivity index (χ4v) is 2.74. The lowest BCUT2D eigenvalue weighted by Crippen LogP contribution is -2.33. The van der Waals surface area contributed by atoms with Gasteiger partial charge in [-0.2, -0.15) is 0 Å². The minimum absolute atomic E-state index is 0.0391. The van der Waals surface area contributed by atoms with E-state index in [1.807, 2.05) is 18.2 Å². The highest BCUT2D eigenvalue weighted by molar-refractivity contribution is 7.88. The molecule has 0 bridgehead atoms. The van der Waals surface area contributed by atoms with Crippen LogP contribution in [0.3, 0.4) is 0 Å². The van der Waals surface area contributed by atoms with Crippen molar-refractivity contribution in [2.75, 3.05) is 12.8 Å². The Morgan fingerprint density at radius 3 is 2.50 bits per heavy atom. The molecule has 0 aliphatic carbocycles. The fourth-order valence-electron chi connectivity index (χ4n) is 2.14. The number of carbonyl (C=O) groups is 1. The van der Waals surface area contributed by atoms with E-state index in [0.29, 0.717) is 5.02 Å². The monoisotopic (exact) mass is 367 g/mol. The number of benzene rings is 1. The van der Waals surface area contributed by atoms with E-state index in [1.54, 1.807) is 30.6 Å². The molecule has 0 radical (unpaired) electrons. The molecule has 128 valence electrons. The second kappa shape index (κ2) is 8.23. The first kappa shape index (κ1) is 18.4. The first-order valence-corrected chi connectivity index (χ1v) is 9.51. The molecule has 0 aliphatic heterocycles. The summed E-state index contributed by atoms with van der Waals surface area (Å²) in [6, 6.07) is 10.4. The van der Waals surface area contributed by atoms with Crippen LogP contribution in [0.15, 0.2) is 48.8 Å². The van der Waals surface area contributed by atoms with E-state index in [4.69, 9.17) is 11.6 Å². The molecule has 0 spiro atoms. The van der Waals surface area contributed by atoms with Gasteiger partial charge in [-0.1, -0.05) is 29.8 Å². The molecule has 1 atom stereocenters. The maximum Gasteiger partial charge on any atom is 0.222 e. The van der Waals surface area contributed by atoms with Gasteiger partial charge in [-0.3, -0.25) is 9.78 Å². The molecule has 0 saturated carbocycles. The zero-order valence-corrected chi connectivity index (χ0v) is 14.6. The first-order valence-electron chi connectivity index (χ1n) is 7.24. The third-order valence-electron chi connectivity index (χ3n) is 3.24. The lowest BCUT2D eigenvalue weighted by molar-refractivity contribution is -0.121. The average Bonchev–Trinajstić information content (AvgIpc) is 2.53. The zero-order chi connectivity index (χ0) is 17.6. The Hall–Kier alpha value is -1.96. The first-order chi connectivity index (χ1) is 11.3. The zero-order valence-electron chi connectivity index (χ0n) is 13.1. The quantitative estimate of drug-likeness (QED) is 0.782. The number of hydrogen-bond donors (Lipinski definition) is 2. The molecule has 0 saturated heterocycles. The number of sulfonamides is 1. The number of nitrogens with zero attached hydrogens (tertiary/aromatic N) is 1. The summed E-state index contributed by atoms with van der Waals surface area (Å²) in [5.74, 6) is -0.269. The summed E-state index contributed by atoms with van der Waals surface area (Å²) in [6.07, 6.45) is 4.42. The van der Waals surface area contributed by atoms with Crippen LogP contribution in [0.5, 0.6) is 0 Å². The predicted molar refractivity (Wildman–Crippen MR) is 93.1 cm³/mol. The molecule has 6 nitrogen and oxygen atoms in total. The minimum Gasteiger partial charge on any atom is -0.345 e. The molecule has 2 N–H and O–H groups in total. The highest BCUT2D eigenvalue weighted by atomic mass is 35.5. The standard InChI is InChI=1S/C16H18ClN3O3S/c1-24(22,23)19-10-8-15(21)20-16(13-3-2-9-18-11-13)12-4-6-14(17)7-5-12/h2-7,9,11,16,19H,8,10H2,1H3,(H,20,21)/t16-/m1/s1. The number of hydrogen-bond acceptors (Lipinski definition) is 4. The largest absolute Gasteiger partial charge is 0.345 e. The number of pyridine rings is 1. The molecule has 1 aromatic heterocycles. The van der Waals surface area contributed by atoms with Gasteiger partial charge >= 0.3 is 0 Å². The van der Waals surface area contributed by atoms with Gasteiger partial charge in [0.15, 0.2) is 0 Å². The van der Waals surface area contributed by atoms with Crippen LogP contribution in [0.2, 0.25) is 5.02 Å². The fraction of sp³-hybridized carbons (Fsp3) is 0.250. The van der Waals surface area contributed by atoms with Crippen molar-refractivity contribution in [3.8, 4) is 0 Å². The third-order valence-corrected chi connectivity index (χ3v) is 4.22. The Labute approximate surface area is 146 Å². The van der Waals surface area contributed by atoms with Crippen molar-refractivity contribution in [3.05, 3.63) is 64.9 Å². The molecule has 0 unspecified atom stereocenters. The lowest BCUT2D eigenvalue weighted by Gasteiger charge is -2.19. The van der Waals surface area contributed by atoms with Crippen LogP contribution in [0.25, 0.3) is 0 Å². The van der Waals surface area contributed by atoms with E-state index >= 15 is 0 Å². The molecule has 1 heterocycles. The molecule has 8 heteroatoms. The molecule has 1 aromatic carbocycles. The van der Waals surface area contributed by atoms with Gasteiger partial charge in [0.2, 0.25) is 15.9 Å². The topological polar surface area (TPSA) is 88.2 Å². The molecule has 0 aliphatic rings. The Kier molecular flexibility index (Phi) is 6.30. The van der Waals surface area contributed by atoms with Gasteiger partial charge < -0.3 is 5.32 Å². The molecule has 24 heavy (non-hydrogen) atoms. The maximum absolute atomic E-state index is 12.2. The number of rotatable bonds is 7. The summed E-state index contributed by atoms with van der Waals surface area (Å²) in [6.45, 7) is 0.0467. The SMILES string of the molecule is CS(=O)(=O)NCCC(=O)N[C@H](c1ccc(Cl)cc1)c1cccnc1. The van der Waals surface area contributed by atoms with E-state index in [9.17, 15) is 13.2 Å². The van der Waals surface area contributed by atoms with Gasteiger partial charge in [-0.05, 0) is 29.3 Å². The van der Waals surface area contributed by atoms with Crippen molar-refractivity contribution < 1.29 is 13.2 Å². The summed E-state index contributed by atoms with van der Waals surface area (Å²) >= 11 is 5.91. The molecular formula is C16H18ClN3O3S. The van der Waals surface area contributed by atoms with Crippen LogP contribution in [-0.2, 0) is 14.8 Å². The highest BCUT2D eigenvalue weighted by Crippen LogP contribution is 2.23. The summed E-state index contributed by atoms with van der Waals surface area (Å²) in [4.78, 5) is 16.2. The number of halogens is 1. The normalized spacial score (nSPS) is 12.6. The van der Waals surface area contributed by atoms with Gasteiger partial charge in [0.1, 0.15) is 0 Å². The number of carbonyl (C=O) groups excluding carboxylic acids is 1. The molecule has 2 aromatic rings. The molecule has 0 fully saturated rings. The van der Waals surface area contributed by atoms with Crippen molar-refractivity contribution in [1.82, 2.24) is 15.0 Å². The summed E-state index contributed by atoms with van der Waals surface area (Å²) in [5, 5.41) is 3.50. The molecule has 1 amide bonds. The Bertz CT molecular complexity index is 780. The van der Waals surface area contributed by atoms with Gasteiger partial charge in [-0.25, -0.2) is 13.1 Å². The Morgan fingerprint density at radius 2 is 1.92 bits per heavy atom. The van der Waals surface area contributed by atoms with E-state index < -0.39 is 10.0 Å². The van der Waals surface area contributed by atoms with E-state index in [-0.39, 0.29) is 24.9 Å². The van der Waals surface area contributed by atoms with Crippen LogP contribution in [0.4, 0.5) is 0 Å². The lowest BCUT2D eigenvalue weighted by atomic mass is 10.00. The van der Waals surface area contributed by atoms with Crippen LogP contribution in [0.1, 0.15) is 23.6 Å². The van der Waals surface area contributed by atoms with Gasteiger partial charge in [0.05, 0.1) is 12.3 Å². The number of nitrogens with one attached hydrogen (secondary N) is 2. The number of aromatic nitrogens is 1. The van der Waals surface area contributed by atoms with Crippen molar-refractivity contribution in [2.24, 2.45) is 0 Å². The predicted octanol–water partition coefficient (Wildman–Crippen LogP) is 1.88. The second-order valence-corrected chi connectivity index (χ2v) is 7.52. The third kappa shape index (κ3) is 5.92. The van der Waals surface area contributed by atoms with Crippen LogP contribution in [-0.4, -0.2) is 32.1 Å². The van der Waals surface area contributed by atoms with Gasteiger partial charge in [0, 0.05) is 30.4 Å². The van der Waals surface area contributed by atoms with E-state index in [1.165, 1.54) is 0 Å². The van der Waals surface area contributed by atoms with Crippen LogP contribution >= 0.6 is 11.6 Å². The minimum atomic E-state index is -3.31. The summed E-state index contributed by atoms with van der Waals surface area (Å²) in [7, 11) is -3.31. The second-order valence-electron chi connectivity index (χ2n) is 5.25.